The molecule has 3 aliphatic heterocycles. The van der Waals surface area contributed by atoms with Gasteiger partial charge in [-0.05, 0) is 86.4 Å². The third-order valence-corrected chi connectivity index (χ3v) is 8.87. The fourth-order valence-electron chi connectivity index (χ4n) is 6.30. The number of hydrogen-bond donors (Lipinski definition) is 0. The Morgan fingerprint density at radius 3 is 2.51 bits per heavy atom. The van der Waals surface area contributed by atoms with Crippen LogP contribution < -0.4 is 4.74 Å². The molecule has 2 aromatic rings. The first kappa shape index (κ1) is 26.1. The zero-order valence-corrected chi connectivity index (χ0v) is 23.2. The molecule has 208 valence electrons. The number of ether oxygens (including phenoxy) is 2. The van der Waals surface area contributed by atoms with E-state index in [0.717, 1.165) is 74.7 Å². The Morgan fingerprint density at radius 2 is 1.87 bits per heavy atom. The molecule has 0 radical (unpaired) electrons. The standard InChI is InChI=1S/C31H38FN3O4/c1-4-38-29(36)30(2)11-13-35(14-12-30)28-17-31(39-33-28)19-34(20-31)18-23-15-25(22-7-9-24(32)10-8-22)26(21-5-6-21)16-27(23)37-3/h7-10,15-16,21H,4-6,11-14,17-20H2,1-3H3. The molecule has 0 bridgehead atoms. The summed E-state index contributed by atoms with van der Waals surface area (Å²) in [6.45, 7) is 8.20. The number of carbonyl (C=O) groups excluding carboxylic acids is 1. The first-order valence-corrected chi connectivity index (χ1v) is 14.2. The smallest absolute Gasteiger partial charge is 0.311 e. The van der Waals surface area contributed by atoms with Crippen LogP contribution in [0.3, 0.4) is 0 Å². The van der Waals surface area contributed by atoms with Crippen LogP contribution >= 0.6 is 0 Å². The van der Waals surface area contributed by atoms with Gasteiger partial charge in [0.2, 0.25) is 0 Å². The molecule has 7 nitrogen and oxygen atoms in total. The molecule has 1 spiro atoms. The van der Waals surface area contributed by atoms with Gasteiger partial charge >= 0.3 is 5.97 Å². The average Bonchev–Trinajstić information content (AvgIpc) is 3.67. The van der Waals surface area contributed by atoms with Crippen molar-refractivity contribution in [2.24, 2.45) is 10.6 Å². The molecule has 39 heavy (non-hydrogen) atoms. The number of benzene rings is 2. The van der Waals surface area contributed by atoms with Gasteiger partial charge in [-0.3, -0.25) is 9.69 Å². The highest BCUT2D eigenvalue weighted by Crippen LogP contribution is 2.47. The molecule has 0 atom stereocenters. The van der Waals surface area contributed by atoms with E-state index in [0.29, 0.717) is 12.5 Å². The Balaban J connectivity index is 1.09. The van der Waals surface area contributed by atoms with E-state index in [1.54, 1.807) is 7.11 Å². The van der Waals surface area contributed by atoms with Crippen LogP contribution in [0.15, 0.2) is 41.6 Å². The molecule has 4 aliphatic rings. The summed E-state index contributed by atoms with van der Waals surface area (Å²) in [5.41, 5.74) is 3.94. The van der Waals surface area contributed by atoms with E-state index in [1.807, 2.05) is 26.0 Å². The minimum atomic E-state index is -0.418. The fourth-order valence-corrected chi connectivity index (χ4v) is 6.30. The van der Waals surface area contributed by atoms with Crippen molar-refractivity contribution in [3.63, 3.8) is 0 Å². The van der Waals surface area contributed by atoms with Gasteiger partial charge in [0, 0.05) is 38.3 Å². The van der Waals surface area contributed by atoms with E-state index in [4.69, 9.17) is 14.3 Å². The summed E-state index contributed by atoms with van der Waals surface area (Å²) in [6, 6.07) is 11.2. The number of nitrogens with zero attached hydrogens (tertiary/aromatic N) is 3. The lowest BCUT2D eigenvalue weighted by molar-refractivity contribution is -0.156. The fraction of sp³-hybridized carbons (Fsp3) is 0.548. The van der Waals surface area contributed by atoms with Gasteiger partial charge in [0.1, 0.15) is 17.4 Å². The summed E-state index contributed by atoms with van der Waals surface area (Å²) in [6.07, 6.45) is 4.68. The second-order valence-corrected chi connectivity index (χ2v) is 11.9. The number of halogens is 1. The summed E-state index contributed by atoms with van der Waals surface area (Å²) in [5, 5.41) is 4.48. The monoisotopic (exact) mass is 535 g/mol. The molecule has 0 aromatic heterocycles. The van der Waals surface area contributed by atoms with Crippen molar-refractivity contribution in [2.75, 3.05) is 39.9 Å². The van der Waals surface area contributed by atoms with Crippen LogP contribution in [0.4, 0.5) is 4.39 Å². The van der Waals surface area contributed by atoms with E-state index in [-0.39, 0.29) is 17.4 Å². The molecular formula is C31H38FN3O4. The van der Waals surface area contributed by atoms with Crippen molar-refractivity contribution < 1.29 is 23.5 Å². The van der Waals surface area contributed by atoms with Crippen molar-refractivity contribution in [2.45, 2.75) is 64.0 Å². The molecule has 0 amide bonds. The predicted octanol–water partition coefficient (Wildman–Crippen LogP) is 5.33. The summed E-state index contributed by atoms with van der Waals surface area (Å²) >= 11 is 0. The van der Waals surface area contributed by atoms with Gasteiger partial charge in [0.05, 0.1) is 25.6 Å². The van der Waals surface area contributed by atoms with Crippen LogP contribution in [0, 0.1) is 11.2 Å². The SMILES string of the molecule is CCOC(=O)C1(C)CCN(C2=NOC3(C2)CN(Cc2cc(-c4ccc(F)cc4)c(C4CC4)cc2OC)C3)CC1. The quantitative estimate of drug-likeness (QED) is 0.447. The molecule has 2 aromatic carbocycles. The highest BCUT2D eigenvalue weighted by molar-refractivity contribution is 5.85. The molecule has 1 aliphatic carbocycles. The third-order valence-electron chi connectivity index (χ3n) is 8.87. The minimum absolute atomic E-state index is 0.0939. The van der Waals surface area contributed by atoms with Crippen LogP contribution in [0.1, 0.15) is 63.0 Å². The van der Waals surface area contributed by atoms with Crippen LogP contribution in [0.5, 0.6) is 5.75 Å². The Hall–Kier alpha value is -3.13. The minimum Gasteiger partial charge on any atom is -0.496 e. The van der Waals surface area contributed by atoms with Gasteiger partial charge < -0.3 is 19.2 Å². The topological polar surface area (TPSA) is 63.6 Å². The molecule has 3 fully saturated rings. The number of amidine groups is 1. The van der Waals surface area contributed by atoms with Crippen molar-refractivity contribution in [1.29, 1.82) is 0 Å². The first-order valence-electron chi connectivity index (χ1n) is 14.2. The number of likely N-dealkylation sites (tertiary alicyclic amines) is 2. The van der Waals surface area contributed by atoms with E-state index in [2.05, 4.69) is 27.1 Å². The highest BCUT2D eigenvalue weighted by atomic mass is 19.1. The maximum Gasteiger partial charge on any atom is 0.311 e. The maximum absolute atomic E-state index is 13.6. The number of hydrogen-bond acceptors (Lipinski definition) is 7. The van der Waals surface area contributed by atoms with Crippen LogP contribution in [-0.4, -0.2) is 67.1 Å². The lowest BCUT2D eigenvalue weighted by Crippen LogP contribution is -2.61. The zero-order chi connectivity index (χ0) is 27.2. The molecule has 8 heteroatoms. The predicted molar refractivity (Wildman–Crippen MR) is 147 cm³/mol. The largest absolute Gasteiger partial charge is 0.496 e. The second kappa shape index (κ2) is 10.1. The summed E-state index contributed by atoms with van der Waals surface area (Å²) < 4.78 is 24.7. The Kier molecular flexibility index (Phi) is 6.78. The van der Waals surface area contributed by atoms with E-state index in [1.165, 1.54) is 36.1 Å². The number of piperidine rings is 1. The maximum atomic E-state index is 13.6. The van der Waals surface area contributed by atoms with Crippen molar-refractivity contribution in [1.82, 2.24) is 9.80 Å². The summed E-state index contributed by atoms with van der Waals surface area (Å²) in [7, 11) is 1.73. The van der Waals surface area contributed by atoms with Crippen LogP contribution in [-0.2, 0) is 20.9 Å². The van der Waals surface area contributed by atoms with Crippen LogP contribution in [0.2, 0.25) is 0 Å². The van der Waals surface area contributed by atoms with Crippen LogP contribution in [0.25, 0.3) is 11.1 Å². The van der Waals surface area contributed by atoms with E-state index >= 15 is 0 Å². The summed E-state index contributed by atoms with van der Waals surface area (Å²) in [5.74, 6) is 2.13. The number of esters is 1. The molecule has 1 saturated carbocycles. The van der Waals surface area contributed by atoms with Gasteiger partial charge in [-0.25, -0.2) is 4.39 Å². The number of oxime groups is 1. The van der Waals surface area contributed by atoms with Gasteiger partial charge in [0.25, 0.3) is 0 Å². The Bertz CT molecular complexity index is 1260. The zero-order valence-electron chi connectivity index (χ0n) is 23.2. The van der Waals surface area contributed by atoms with Gasteiger partial charge in [-0.15, -0.1) is 0 Å². The Labute approximate surface area is 229 Å². The first-order chi connectivity index (χ1) is 18.8. The highest BCUT2D eigenvalue weighted by Gasteiger charge is 2.51. The Morgan fingerprint density at radius 1 is 1.15 bits per heavy atom. The summed E-state index contributed by atoms with van der Waals surface area (Å²) in [4.78, 5) is 23.0. The van der Waals surface area contributed by atoms with Crippen molar-refractivity contribution >= 4 is 11.8 Å². The van der Waals surface area contributed by atoms with Crippen molar-refractivity contribution in [3.05, 3.63) is 53.3 Å². The molecule has 2 saturated heterocycles. The lowest BCUT2D eigenvalue weighted by Gasteiger charge is -2.46. The molecule has 0 unspecified atom stereocenters. The van der Waals surface area contributed by atoms with E-state index in [9.17, 15) is 9.18 Å². The lowest BCUT2D eigenvalue weighted by atomic mass is 9.80. The van der Waals surface area contributed by atoms with Gasteiger partial charge in [-0.2, -0.15) is 0 Å². The molecule has 3 heterocycles. The molecular weight excluding hydrogens is 497 g/mol. The molecule has 0 N–H and O–H groups in total. The van der Waals surface area contributed by atoms with Crippen molar-refractivity contribution in [3.8, 4) is 16.9 Å². The number of carbonyl (C=O) groups is 1. The van der Waals surface area contributed by atoms with Gasteiger partial charge in [0.15, 0.2) is 5.60 Å². The average molecular weight is 536 g/mol. The second-order valence-electron chi connectivity index (χ2n) is 11.9. The van der Waals surface area contributed by atoms with Gasteiger partial charge in [-0.1, -0.05) is 17.3 Å². The third kappa shape index (κ3) is 5.11. The normalized spacial score (nSPS) is 21.7. The molecule has 6 rings (SSSR count). The number of methoxy groups -OCH3 is 1. The van der Waals surface area contributed by atoms with E-state index < -0.39 is 5.41 Å². The number of rotatable bonds is 7.